The van der Waals surface area contributed by atoms with Crippen molar-refractivity contribution in [3.8, 4) is 5.82 Å². The van der Waals surface area contributed by atoms with Gasteiger partial charge >= 0.3 is 0 Å². The quantitative estimate of drug-likeness (QED) is 0.579. The van der Waals surface area contributed by atoms with E-state index in [1.165, 1.54) is 30.1 Å². The SMILES string of the molecule is CC(=O)Nc1cnn(-c2ncc(Cl)cc2N(c2ccc(C(C)(C)C)cc2)[SH](=O)=O)c1. The van der Waals surface area contributed by atoms with Crippen molar-refractivity contribution in [3.63, 3.8) is 0 Å². The van der Waals surface area contributed by atoms with Crippen LogP contribution < -0.4 is 9.62 Å². The van der Waals surface area contributed by atoms with E-state index in [1.807, 2.05) is 12.1 Å². The number of nitrogens with zero attached hydrogens (tertiary/aromatic N) is 4. The molecule has 0 aliphatic heterocycles. The Morgan fingerprint density at radius 2 is 1.83 bits per heavy atom. The highest BCUT2D eigenvalue weighted by Crippen LogP contribution is 2.33. The maximum Gasteiger partial charge on any atom is 0.229 e. The number of amides is 1. The van der Waals surface area contributed by atoms with Gasteiger partial charge in [0.05, 0.1) is 28.8 Å². The van der Waals surface area contributed by atoms with Crippen LogP contribution in [0.2, 0.25) is 5.02 Å². The summed E-state index contributed by atoms with van der Waals surface area (Å²) in [6.45, 7) is 7.63. The molecule has 10 heteroatoms. The van der Waals surface area contributed by atoms with Gasteiger partial charge in [0, 0.05) is 13.1 Å². The Balaban J connectivity index is 2.10. The summed E-state index contributed by atoms with van der Waals surface area (Å²) in [5.74, 6) is -0.00265. The molecule has 0 fully saturated rings. The summed E-state index contributed by atoms with van der Waals surface area (Å²) >= 11 is 6.13. The summed E-state index contributed by atoms with van der Waals surface area (Å²) in [6, 6.07) is 8.76. The lowest BCUT2D eigenvalue weighted by atomic mass is 9.87. The number of rotatable bonds is 5. The minimum Gasteiger partial charge on any atom is -0.324 e. The lowest BCUT2D eigenvalue weighted by molar-refractivity contribution is -0.114. The van der Waals surface area contributed by atoms with Crippen LogP contribution in [0.3, 0.4) is 0 Å². The van der Waals surface area contributed by atoms with Crippen LogP contribution >= 0.6 is 11.6 Å². The zero-order chi connectivity index (χ0) is 22.1. The maximum absolute atomic E-state index is 12.2. The Bertz CT molecular complexity index is 1140. The first-order valence-electron chi connectivity index (χ1n) is 9.09. The first-order valence-corrected chi connectivity index (χ1v) is 10.6. The molecule has 0 unspecified atom stereocenters. The van der Waals surface area contributed by atoms with E-state index in [0.717, 1.165) is 9.87 Å². The number of hydrogen-bond donors (Lipinski definition) is 2. The van der Waals surface area contributed by atoms with Gasteiger partial charge in [-0.1, -0.05) is 44.5 Å². The molecule has 1 N–H and O–H groups in total. The Kier molecular flexibility index (Phi) is 6.14. The number of nitrogens with one attached hydrogen (secondary N) is 1. The van der Waals surface area contributed by atoms with Crippen LogP contribution in [-0.2, 0) is 21.1 Å². The molecule has 1 amide bonds. The molecule has 2 aromatic heterocycles. The van der Waals surface area contributed by atoms with Crippen LogP contribution in [0, 0.1) is 0 Å². The van der Waals surface area contributed by atoms with Crippen molar-refractivity contribution in [2.45, 2.75) is 33.1 Å². The fourth-order valence-corrected chi connectivity index (χ4v) is 3.68. The number of halogens is 1. The van der Waals surface area contributed by atoms with Gasteiger partial charge in [0.15, 0.2) is 5.82 Å². The number of carbonyl (C=O) groups is 1. The van der Waals surface area contributed by atoms with Gasteiger partial charge in [-0.15, -0.1) is 0 Å². The smallest absolute Gasteiger partial charge is 0.229 e. The lowest BCUT2D eigenvalue weighted by Crippen LogP contribution is -2.18. The Labute approximate surface area is 181 Å². The molecule has 0 aliphatic carbocycles. The second-order valence-electron chi connectivity index (χ2n) is 7.70. The highest BCUT2D eigenvalue weighted by Gasteiger charge is 2.21. The molecule has 0 saturated carbocycles. The van der Waals surface area contributed by atoms with Gasteiger partial charge in [0.25, 0.3) is 0 Å². The predicted molar refractivity (Wildman–Crippen MR) is 118 cm³/mol. The molecule has 0 atom stereocenters. The van der Waals surface area contributed by atoms with Gasteiger partial charge in [-0.2, -0.15) is 5.10 Å². The third-order valence-electron chi connectivity index (χ3n) is 4.30. The average molecular weight is 448 g/mol. The highest BCUT2D eigenvalue weighted by atomic mass is 35.5. The molecule has 3 rings (SSSR count). The molecule has 1 aromatic carbocycles. The monoisotopic (exact) mass is 447 g/mol. The van der Waals surface area contributed by atoms with Crippen LogP contribution in [0.5, 0.6) is 0 Å². The highest BCUT2D eigenvalue weighted by molar-refractivity contribution is 7.74. The molecule has 158 valence electrons. The first-order chi connectivity index (χ1) is 14.1. The summed E-state index contributed by atoms with van der Waals surface area (Å²) in [7, 11) is -3.06. The van der Waals surface area contributed by atoms with E-state index in [0.29, 0.717) is 11.4 Å². The van der Waals surface area contributed by atoms with E-state index < -0.39 is 10.9 Å². The van der Waals surface area contributed by atoms with Crippen molar-refractivity contribution in [1.29, 1.82) is 0 Å². The summed E-state index contributed by atoms with van der Waals surface area (Å²) in [5, 5.41) is 7.08. The van der Waals surface area contributed by atoms with E-state index in [2.05, 4.69) is 36.2 Å². The first kappa shape index (κ1) is 21.8. The zero-order valence-corrected chi connectivity index (χ0v) is 18.6. The Morgan fingerprint density at radius 3 is 2.40 bits per heavy atom. The van der Waals surface area contributed by atoms with Crippen molar-refractivity contribution in [1.82, 2.24) is 14.8 Å². The van der Waals surface area contributed by atoms with Crippen molar-refractivity contribution >= 4 is 45.5 Å². The third kappa shape index (κ3) is 4.80. The van der Waals surface area contributed by atoms with E-state index in [4.69, 9.17) is 11.6 Å². The number of hydrogen-bond acceptors (Lipinski definition) is 5. The van der Waals surface area contributed by atoms with E-state index in [1.54, 1.807) is 18.3 Å². The minimum absolute atomic E-state index is 0.0685. The van der Waals surface area contributed by atoms with Crippen LogP contribution in [0.25, 0.3) is 5.82 Å². The molecular weight excluding hydrogens is 426 g/mol. The third-order valence-corrected chi connectivity index (χ3v) is 5.28. The van der Waals surface area contributed by atoms with E-state index in [9.17, 15) is 13.2 Å². The summed E-state index contributed by atoms with van der Waals surface area (Å²) in [4.78, 5) is 15.6. The maximum atomic E-state index is 12.2. The molecule has 30 heavy (non-hydrogen) atoms. The van der Waals surface area contributed by atoms with E-state index in [-0.39, 0.29) is 27.9 Å². The molecule has 0 aliphatic rings. The molecule has 2 heterocycles. The van der Waals surface area contributed by atoms with Gasteiger partial charge in [0.1, 0.15) is 5.69 Å². The number of anilines is 3. The number of pyridine rings is 1. The van der Waals surface area contributed by atoms with Crippen LogP contribution in [0.4, 0.5) is 17.1 Å². The zero-order valence-electron chi connectivity index (χ0n) is 17.0. The second kappa shape index (κ2) is 8.45. The largest absolute Gasteiger partial charge is 0.324 e. The molecule has 0 saturated heterocycles. The minimum atomic E-state index is -3.06. The number of benzene rings is 1. The fraction of sp³-hybridized carbons (Fsp3) is 0.250. The van der Waals surface area contributed by atoms with Crippen molar-refractivity contribution in [3.05, 3.63) is 59.5 Å². The number of thiol groups is 1. The summed E-state index contributed by atoms with van der Waals surface area (Å²) in [5.41, 5.74) is 2.14. The molecule has 0 radical (unpaired) electrons. The molecule has 8 nitrogen and oxygen atoms in total. The van der Waals surface area contributed by atoms with Gasteiger partial charge in [0.2, 0.25) is 16.8 Å². The Morgan fingerprint density at radius 1 is 1.17 bits per heavy atom. The predicted octanol–water partition coefficient (Wildman–Crippen LogP) is 3.84. The van der Waals surface area contributed by atoms with Crippen LogP contribution in [0.15, 0.2) is 48.9 Å². The molecule has 0 spiro atoms. The summed E-state index contributed by atoms with van der Waals surface area (Å²) in [6.07, 6.45) is 4.39. The fourth-order valence-electron chi connectivity index (χ4n) is 2.88. The number of carbonyl (C=O) groups excluding carboxylic acids is 1. The number of aromatic nitrogens is 3. The van der Waals surface area contributed by atoms with Gasteiger partial charge in [-0.05, 0) is 29.2 Å². The lowest BCUT2D eigenvalue weighted by Gasteiger charge is -2.23. The van der Waals surface area contributed by atoms with E-state index >= 15 is 0 Å². The molecular formula is C20H22ClN5O3S. The molecule has 3 aromatic rings. The van der Waals surface area contributed by atoms with Gasteiger partial charge in [-0.25, -0.2) is 22.4 Å². The molecule has 0 bridgehead atoms. The summed E-state index contributed by atoms with van der Waals surface area (Å²) < 4.78 is 27.0. The van der Waals surface area contributed by atoms with Crippen molar-refractivity contribution < 1.29 is 13.2 Å². The Hall–Kier alpha value is -2.91. The van der Waals surface area contributed by atoms with Crippen molar-refractivity contribution in [2.24, 2.45) is 0 Å². The average Bonchev–Trinajstić information content (AvgIpc) is 3.09. The topological polar surface area (TPSA) is 97.2 Å². The van der Waals surface area contributed by atoms with Gasteiger partial charge in [-0.3, -0.25) is 4.79 Å². The van der Waals surface area contributed by atoms with Gasteiger partial charge < -0.3 is 5.32 Å². The second-order valence-corrected chi connectivity index (χ2v) is 9.01. The van der Waals surface area contributed by atoms with Crippen LogP contribution in [0.1, 0.15) is 33.3 Å². The standard InChI is InChI=1S/C20H22ClN5O3S/c1-13(27)24-16-11-23-25(12-16)19-18(9-15(21)10-22-19)26(30(28)29)17-7-5-14(6-8-17)20(2,3)4/h5-12,30H,1-4H3,(H,24,27). The normalized spacial score (nSPS) is 11.5. The van der Waals surface area contributed by atoms with Crippen LogP contribution in [-0.4, -0.2) is 29.1 Å². The van der Waals surface area contributed by atoms with Crippen molar-refractivity contribution in [2.75, 3.05) is 9.62 Å².